The summed E-state index contributed by atoms with van der Waals surface area (Å²) >= 11 is 6.97. The van der Waals surface area contributed by atoms with Gasteiger partial charge in [-0.3, -0.25) is 4.98 Å². The lowest BCUT2D eigenvalue weighted by molar-refractivity contribution is 0.262. The van der Waals surface area contributed by atoms with Crippen molar-refractivity contribution in [2.24, 2.45) is 7.05 Å². The molecule has 9 nitrogen and oxygen atoms in total. The van der Waals surface area contributed by atoms with Crippen LogP contribution in [0.2, 0.25) is 5.02 Å². The smallest absolute Gasteiger partial charge is 0.142 e. The van der Waals surface area contributed by atoms with E-state index in [1.807, 2.05) is 30.3 Å². The Morgan fingerprint density at radius 1 is 0.825 bits per heavy atom. The average molecular weight is 783 g/mol. The quantitative estimate of drug-likeness (QED) is 0.0846. The molecular weight excluding hydrogens is 732 g/mol. The Balaban J connectivity index is 1.06. The molecule has 0 bridgehead atoms. The molecule has 0 atom stereocenters. The number of para-hydroxylation sites is 2. The Labute approximate surface area is 341 Å². The van der Waals surface area contributed by atoms with Crippen LogP contribution in [0.4, 0.5) is 0 Å². The van der Waals surface area contributed by atoms with Gasteiger partial charge in [0.25, 0.3) is 0 Å². The number of hydrogen-bond acceptors (Lipinski definition) is 8. The van der Waals surface area contributed by atoms with Crippen molar-refractivity contribution >= 4 is 22.6 Å². The summed E-state index contributed by atoms with van der Waals surface area (Å²) in [5, 5.41) is 9.93. The van der Waals surface area contributed by atoms with Crippen molar-refractivity contribution in [3.8, 4) is 34.4 Å². The number of likely N-dealkylation sites (tertiary alicyclic amines) is 1. The molecule has 4 aromatic carbocycles. The summed E-state index contributed by atoms with van der Waals surface area (Å²) in [5.74, 6) is 3.15. The summed E-state index contributed by atoms with van der Waals surface area (Å²) < 4.78 is 21.4. The first-order valence-electron chi connectivity index (χ1n) is 19.8. The van der Waals surface area contributed by atoms with Gasteiger partial charge in [0, 0.05) is 62.7 Å². The Kier molecular flexibility index (Phi) is 13.1. The fourth-order valence-corrected chi connectivity index (χ4v) is 7.88. The topological polar surface area (TPSA) is 88.7 Å². The van der Waals surface area contributed by atoms with Crippen LogP contribution in [0.3, 0.4) is 0 Å². The van der Waals surface area contributed by atoms with Crippen molar-refractivity contribution in [2.75, 3.05) is 39.8 Å². The third kappa shape index (κ3) is 9.77. The molecule has 6 aromatic rings. The van der Waals surface area contributed by atoms with Gasteiger partial charge in [-0.2, -0.15) is 5.26 Å². The molecule has 7 rings (SSSR count). The van der Waals surface area contributed by atoms with Crippen LogP contribution in [0.1, 0.15) is 58.5 Å². The number of halogens is 1. The highest BCUT2D eigenvalue weighted by molar-refractivity contribution is 6.32. The van der Waals surface area contributed by atoms with E-state index in [9.17, 15) is 5.26 Å². The fourth-order valence-electron chi connectivity index (χ4n) is 7.64. The molecule has 0 aliphatic carbocycles. The van der Waals surface area contributed by atoms with Gasteiger partial charge in [0.1, 0.15) is 42.4 Å². The van der Waals surface area contributed by atoms with E-state index < -0.39 is 0 Å². The second-order valence-corrected chi connectivity index (χ2v) is 15.4. The maximum Gasteiger partial charge on any atom is 0.142 e. The molecule has 0 saturated carbocycles. The number of aryl methyl sites for hydroxylation is 1. The van der Waals surface area contributed by atoms with Crippen LogP contribution in [0.25, 0.3) is 22.2 Å². The van der Waals surface area contributed by atoms with Gasteiger partial charge >= 0.3 is 0 Å². The standard InChI is InChI=1S/C47H51ClN6O3/c1-33-37(12-9-13-39(33)40-14-10-17-44(34(40)2)55-23-11-21-54-19-7-8-20-54)32-57-46-26-45(56-31-36-24-35(27-49)28-50-29-36)38(25-41(46)48)30-52(3)22-18-47-51-42-15-5-6-16-43(42)53(47)4/h5-6,9-10,12-17,24-26,28-29H,7-8,11,18-23,30-32H2,1-4H3. The first kappa shape index (κ1) is 39.8. The molecule has 10 heteroatoms. The normalized spacial score (nSPS) is 13.0. The maximum atomic E-state index is 9.42. The van der Waals surface area contributed by atoms with Crippen molar-refractivity contribution in [1.82, 2.24) is 24.3 Å². The van der Waals surface area contributed by atoms with Crippen molar-refractivity contribution < 1.29 is 14.2 Å². The zero-order valence-corrected chi connectivity index (χ0v) is 34.2. The highest BCUT2D eigenvalue weighted by Gasteiger charge is 2.18. The van der Waals surface area contributed by atoms with Crippen molar-refractivity contribution in [2.45, 2.75) is 59.3 Å². The number of benzene rings is 4. The van der Waals surface area contributed by atoms with Gasteiger partial charge in [-0.1, -0.05) is 54.1 Å². The fraction of sp³-hybridized carbons (Fsp3) is 0.340. The third-order valence-corrected chi connectivity index (χ3v) is 11.2. The molecule has 294 valence electrons. The van der Waals surface area contributed by atoms with E-state index >= 15 is 0 Å². The minimum absolute atomic E-state index is 0.238. The first-order chi connectivity index (χ1) is 27.8. The van der Waals surface area contributed by atoms with Gasteiger partial charge in [-0.25, -0.2) is 4.98 Å². The lowest BCUT2D eigenvalue weighted by atomic mass is 9.93. The minimum atomic E-state index is 0.238. The number of aromatic nitrogens is 3. The third-order valence-electron chi connectivity index (χ3n) is 10.9. The predicted molar refractivity (Wildman–Crippen MR) is 227 cm³/mol. The van der Waals surface area contributed by atoms with Gasteiger partial charge in [0.05, 0.1) is 28.2 Å². The predicted octanol–water partition coefficient (Wildman–Crippen LogP) is 9.47. The van der Waals surface area contributed by atoms with Crippen LogP contribution < -0.4 is 14.2 Å². The molecule has 0 amide bonds. The number of hydrogen-bond donors (Lipinski definition) is 0. The summed E-state index contributed by atoms with van der Waals surface area (Å²) in [6.45, 7) is 10.4. The summed E-state index contributed by atoms with van der Waals surface area (Å²) in [6.07, 6.45) is 7.69. The van der Waals surface area contributed by atoms with E-state index in [0.29, 0.717) is 41.8 Å². The number of nitriles is 1. The zero-order valence-electron chi connectivity index (χ0n) is 33.4. The molecule has 1 aliphatic rings. The van der Waals surface area contributed by atoms with Crippen molar-refractivity contribution in [3.05, 3.63) is 135 Å². The first-order valence-corrected chi connectivity index (χ1v) is 20.2. The van der Waals surface area contributed by atoms with Crippen LogP contribution in [0.15, 0.2) is 91.3 Å². The Hall–Kier alpha value is -5.40. The van der Waals surface area contributed by atoms with Crippen molar-refractivity contribution in [3.63, 3.8) is 0 Å². The molecule has 57 heavy (non-hydrogen) atoms. The molecular formula is C47H51ClN6O3. The lowest BCUT2D eigenvalue weighted by Crippen LogP contribution is -2.22. The maximum absolute atomic E-state index is 9.42. The number of imidazole rings is 1. The molecule has 0 N–H and O–H groups in total. The minimum Gasteiger partial charge on any atom is -0.493 e. The Bertz CT molecular complexity index is 2360. The van der Waals surface area contributed by atoms with Crippen molar-refractivity contribution in [1.29, 1.82) is 5.26 Å². The summed E-state index contributed by atoms with van der Waals surface area (Å²) in [5.41, 5.74) is 9.97. The summed E-state index contributed by atoms with van der Waals surface area (Å²) in [7, 11) is 4.15. The highest BCUT2D eigenvalue weighted by atomic mass is 35.5. The van der Waals surface area contributed by atoms with E-state index in [1.165, 1.54) is 25.9 Å². The number of ether oxygens (including phenoxy) is 3. The number of nitrogens with zero attached hydrogens (tertiary/aromatic N) is 6. The molecule has 2 aromatic heterocycles. The second kappa shape index (κ2) is 18.7. The number of fused-ring (bicyclic) bond motifs is 1. The van der Waals surface area contributed by atoms with Crippen LogP contribution in [0.5, 0.6) is 17.2 Å². The SMILES string of the molecule is Cc1c(COc2cc(OCc3cncc(C#N)c3)c(CN(C)CCc3nc4ccccc4n3C)cc2Cl)cccc1-c1cccc(OCCCN2CCCC2)c1C. The van der Waals surface area contributed by atoms with E-state index in [-0.39, 0.29) is 6.61 Å². The van der Waals surface area contributed by atoms with Gasteiger partial charge in [-0.05, 0) is 111 Å². The van der Waals surface area contributed by atoms with E-state index in [4.69, 9.17) is 30.8 Å². The molecule has 0 unspecified atom stereocenters. The lowest BCUT2D eigenvalue weighted by Gasteiger charge is -2.21. The monoisotopic (exact) mass is 782 g/mol. The zero-order chi connectivity index (χ0) is 39.7. The summed E-state index contributed by atoms with van der Waals surface area (Å²) in [4.78, 5) is 13.8. The number of likely N-dealkylation sites (N-methyl/N-ethyl adjacent to an activating group) is 1. The number of pyridine rings is 1. The van der Waals surface area contributed by atoms with E-state index in [1.54, 1.807) is 18.5 Å². The Morgan fingerprint density at radius 2 is 1.60 bits per heavy atom. The molecule has 3 heterocycles. The highest BCUT2D eigenvalue weighted by Crippen LogP contribution is 2.37. The van der Waals surface area contributed by atoms with Crippen LogP contribution in [-0.4, -0.2) is 64.2 Å². The van der Waals surface area contributed by atoms with Gasteiger partial charge in [0.2, 0.25) is 0 Å². The molecule has 1 saturated heterocycles. The number of rotatable bonds is 17. The average Bonchev–Trinajstić information content (AvgIpc) is 3.86. The largest absolute Gasteiger partial charge is 0.493 e. The Morgan fingerprint density at radius 3 is 2.40 bits per heavy atom. The van der Waals surface area contributed by atoms with Crippen LogP contribution in [0, 0.1) is 25.2 Å². The second-order valence-electron chi connectivity index (χ2n) is 15.0. The van der Waals surface area contributed by atoms with Crippen LogP contribution in [-0.2, 0) is 33.2 Å². The van der Waals surface area contributed by atoms with E-state index in [2.05, 4.69) is 95.8 Å². The van der Waals surface area contributed by atoms with Gasteiger partial charge in [-0.15, -0.1) is 0 Å². The molecule has 0 spiro atoms. The van der Waals surface area contributed by atoms with E-state index in [0.717, 1.165) is 87.5 Å². The summed E-state index contributed by atoms with van der Waals surface area (Å²) in [6, 6.07) is 28.6. The molecule has 1 fully saturated rings. The molecule has 0 radical (unpaired) electrons. The van der Waals surface area contributed by atoms with Gasteiger partial charge in [0.15, 0.2) is 0 Å². The molecule has 1 aliphatic heterocycles. The van der Waals surface area contributed by atoms with Crippen LogP contribution >= 0.6 is 11.6 Å². The van der Waals surface area contributed by atoms with Gasteiger partial charge < -0.3 is 28.6 Å².